The Morgan fingerprint density at radius 1 is 1.21 bits per heavy atom. The minimum Gasteiger partial charge on any atom is -0.496 e. The van der Waals surface area contributed by atoms with Crippen molar-refractivity contribution in [1.29, 1.82) is 0 Å². The summed E-state index contributed by atoms with van der Waals surface area (Å²) >= 11 is 0. The second kappa shape index (κ2) is 5.02. The van der Waals surface area contributed by atoms with Gasteiger partial charge in [0.1, 0.15) is 11.5 Å². The fraction of sp³-hybridized carbons (Fsp3) is 0.600. The SMILES string of the molecule is COc1ccc2c(c1C1(N)CCCCC1)COCO2. The summed E-state index contributed by atoms with van der Waals surface area (Å²) in [7, 11) is 1.70. The number of hydrogen-bond donors (Lipinski definition) is 1. The zero-order valence-electron chi connectivity index (χ0n) is 11.4. The summed E-state index contributed by atoms with van der Waals surface area (Å²) < 4.78 is 16.5. The highest BCUT2D eigenvalue weighted by atomic mass is 16.7. The number of nitrogens with two attached hydrogens (primary N) is 1. The molecule has 0 unspecified atom stereocenters. The third kappa shape index (κ3) is 2.19. The molecule has 0 aromatic heterocycles. The highest BCUT2D eigenvalue weighted by Gasteiger charge is 2.36. The number of benzene rings is 1. The lowest BCUT2D eigenvalue weighted by molar-refractivity contribution is -0.0178. The van der Waals surface area contributed by atoms with Gasteiger partial charge in [0.05, 0.1) is 13.7 Å². The van der Waals surface area contributed by atoms with Crippen molar-refractivity contribution in [2.24, 2.45) is 5.73 Å². The van der Waals surface area contributed by atoms with Crippen LogP contribution in [0.15, 0.2) is 12.1 Å². The van der Waals surface area contributed by atoms with Crippen LogP contribution in [0.1, 0.15) is 43.2 Å². The van der Waals surface area contributed by atoms with Crippen molar-refractivity contribution in [3.05, 3.63) is 23.3 Å². The van der Waals surface area contributed by atoms with E-state index in [1.165, 1.54) is 19.3 Å². The normalized spacial score (nSPS) is 21.4. The highest BCUT2D eigenvalue weighted by molar-refractivity contribution is 5.52. The Morgan fingerprint density at radius 2 is 2.00 bits per heavy atom. The monoisotopic (exact) mass is 263 g/mol. The predicted octanol–water partition coefficient (Wildman–Crippen LogP) is 2.68. The van der Waals surface area contributed by atoms with Crippen LogP contribution in [-0.4, -0.2) is 13.9 Å². The molecular weight excluding hydrogens is 242 g/mol. The van der Waals surface area contributed by atoms with E-state index in [-0.39, 0.29) is 5.54 Å². The van der Waals surface area contributed by atoms with Crippen molar-refractivity contribution >= 4 is 0 Å². The Morgan fingerprint density at radius 3 is 2.74 bits per heavy atom. The van der Waals surface area contributed by atoms with E-state index in [2.05, 4.69) is 0 Å². The fourth-order valence-electron chi connectivity index (χ4n) is 3.28. The van der Waals surface area contributed by atoms with E-state index in [9.17, 15) is 0 Å². The van der Waals surface area contributed by atoms with Crippen LogP contribution in [0.5, 0.6) is 11.5 Å². The van der Waals surface area contributed by atoms with Crippen LogP contribution in [-0.2, 0) is 16.9 Å². The Kier molecular flexibility index (Phi) is 3.37. The molecule has 1 aliphatic heterocycles. The van der Waals surface area contributed by atoms with Crippen molar-refractivity contribution in [3.8, 4) is 11.5 Å². The second-order valence-electron chi connectivity index (χ2n) is 5.45. The van der Waals surface area contributed by atoms with Gasteiger partial charge in [0.25, 0.3) is 0 Å². The maximum Gasteiger partial charge on any atom is 0.189 e. The summed E-state index contributed by atoms with van der Waals surface area (Å²) in [5.41, 5.74) is 8.54. The van der Waals surface area contributed by atoms with Crippen LogP contribution in [0.3, 0.4) is 0 Å². The van der Waals surface area contributed by atoms with Crippen molar-refractivity contribution in [2.45, 2.75) is 44.2 Å². The predicted molar refractivity (Wildman–Crippen MR) is 72.2 cm³/mol. The smallest absolute Gasteiger partial charge is 0.189 e. The molecule has 4 heteroatoms. The molecule has 104 valence electrons. The molecular formula is C15H21NO3. The van der Waals surface area contributed by atoms with E-state index in [4.69, 9.17) is 19.9 Å². The number of fused-ring (bicyclic) bond motifs is 1. The summed E-state index contributed by atoms with van der Waals surface area (Å²) in [5.74, 6) is 1.75. The van der Waals surface area contributed by atoms with Gasteiger partial charge in [-0.3, -0.25) is 0 Å². The summed E-state index contributed by atoms with van der Waals surface area (Å²) in [6.45, 7) is 0.872. The van der Waals surface area contributed by atoms with Crippen molar-refractivity contribution in [2.75, 3.05) is 13.9 Å². The average Bonchev–Trinajstić information content (AvgIpc) is 2.46. The van der Waals surface area contributed by atoms with Crippen LogP contribution in [0, 0.1) is 0 Å². The van der Waals surface area contributed by atoms with Crippen LogP contribution in [0.2, 0.25) is 0 Å². The Bertz CT molecular complexity index is 467. The first-order valence-corrected chi connectivity index (χ1v) is 6.94. The Balaban J connectivity index is 2.11. The van der Waals surface area contributed by atoms with E-state index in [1.54, 1.807) is 7.11 Å². The Labute approximate surface area is 113 Å². The first-order chi connectivity index (χ1) is 9.24. The molecule has 1 aliphatic carbocycles. The number of ether oxygens (including phenoxy) is 3. The van der Waals surface area contributed by atoms with Gasteiger partial charge >= 0.3 is 0 Å². The molecule has 0 amide bonds. The van der Waals surface area contributed by atoms with E-state index >= 15 is 0 Å². The fourth-order valence-corrected chi connectivity index (χ4v) is 3.28. The van der Waals surface area contributed by atoms with Gasteiger partial charge in [-0.15, -0.1) is 0 Å². The van der Waals surface area contributed by atoms with Gasteiger partial charge in [-0.1, -0.05) is 19.3 Å². The van der Waals surface area contributed by atoms with Gasteiger partial charge < -0.3 is 19.9 Å². The third-order valence-electron chi connectivity index (χ3n) is 4.24. The largest absolute Gasteiger partial charge is 0.496 e. The molecule has 19 heavy (non-hydrogen) atoms. The maximum absolute atomic E-state index is 6.69. The zero-order chi connectivity index (χ0) is 13.3. The average molecular weight is 263 g/mol. The van der Waals surface area contributed by atoms with Gasteiger partial charge in [0.15, 0.2) is 6.79 Å². The molecule has 2 aliphatic rings. The lowest BCUT2D eigenvalue weighted by atomic mass is 9.75. The van der Waals surface area contributed by atoms with Crippen LogP contribution in [0.4, 0.5) is 0 Å². The molecule has 3 rings (SSSR count). The first-order valence-electron chi connectivity index (χ1n) is 6.94. The molecule has 2 N–H and O–H groups in total. The third-order valence-corrected chi connectivity index (χ3v) is 4.24. The first kappa shape index (κ1) is 12.8. The van der Waals surface area contributed by atoms with Gasteiger partial charge in [0.2, 0.25) is 0 Å². The number of rotatable bonds is 2. The topological polar surface area (TPSA) is 53.7 Å². The molecule has 1 aromatic carbocycles. The summed E-state index contributed by atoms with van der Waals surface area (Å²) in [4.78, 5) is 0. The van der Waals surface area contributed by atoms with Crippen molar-refractivity contribution < 1.29 is 14.2 Å². The van der Waals surface area contributed by atoms with Crippen LogP contribution < -0.4 is 15.2 Å². The van der Waals surface area contributed by atoms with Crippen molar-refractivity contribution in [1.82, 2.24) is 0 Å². The van der Waals surface area contributed by atoms with Gasteiger partial charge in [-0.05, 0) is 25.0 Å². The minimum atomic E-state index is -0.307. The number of hydrogen-bond acceptors (Lipinski definition) is 4. The van der Waals surface area contributed by atoms with E-state index in [0.29, 0.717) is 13.4 Å². The maximum atomic E-state index is 6.69. The molecule has 0 radical (unpaired) electrons. The molecule has 4 nitrogen and oxygen atoms in total. The van der Waals surface area contributed by atoms with E-state index < -0.39 is 0 Å². The standard InChI is InChI=1S/C15H21NO3/c1-17-13-6-5-12-11(9-18-10-19-12)14(13)15(16)7-3-2-4-8-15/h5-6H,2-4,7-10,16H2,1H3. The van der Waals surface area contributed by atoms with E-state index in [1.807, 2.05) is 12.1 Å². The Hall–Kier alpha value is -1.26. The minimum absolute atomic E-state index is 0.307. The van der Waals surface area contributed by atoms with Gasteiger partial charge in [0, 0.05) is 16.7 Å². The van der Waals surface area contributed by atoms with Gasteiger partial charge in [-0.2, -0.15) is 0 Å². The van der Waals surface area contributed by atoms with Gasteiger partial charge in [-0.25, -0.2) is 0 Å². The molecule has 1 heterocycles. The van der Waals surface area contributed by atoms with E-state index in [0.717, 1.165) is 35.5 Å². The quantitative estimate of drug-likeness (QED) is 0.891. The van der Waals surface area contributed by atoms with Crippen LogP contribution in [0.25, 0.3) is 0 Å². The summed E-state index contributed by atoms with van der Waals surface area (Å²) in [6.07, 6.45) is 5.61. The second-order valence-corrected chi connectivity index (χ2v) is 5.45. The lowest BCUT2D eigenvalue weighted by Gasteiger charge is -2.37. The van der Waals surface area contributed by atoms with Crippen LogP contribution >= 0.6 is 0 Å². The molecule has 0 atom stereocenters. The summed E-state index contributed by atoms with van der Waals surface area (Å²) in [6, 6.07) is 3.91. The zero-order valence-corrected chi connectivity index (χ0v) is 11.4. The molecule has 0 saturated heterocycles. The number of methoxy groups -OCH3 is 1. The molecule has 0 spiro atoms. The molecule has 1 fully saturated rings. The highest BCUT2D eigenvalue weighted by Crippen LogP contribution is 2.44. The molecule has 1 aromatic rings. The van der Waals surface area contributed by atoms with Crippen molar-refractivity contribution in [3.63, 3.8) is 0 Å². The summed E-state index contributed by atoms with van der Waals surface area (Å²) in [5, 5.41) is 0. The molecule has 0 bridgehead atoms. The lowest BCUT2D eigenvalue weighted by Crippen LogP contribution is -2.40. The molecule has 1 saturated carbocycles.